The highest BCUT2D eigenvalue weighted by molar-refractivity contribution is 7.09. The lowest BCUT2D eigenvalue weighted by atomic mass is 9.98. The summed E-state index contributed by atoms with van der Waals surface area (Å²) >= 11 is 1.67. The molecule has 1 heterocycles. The first-order valence-corrected chi connectivity index (χ1v) is 8.56. The van der Waals surface area contributed by atoms with E-state index in [0.29, 0.717) is 13.0 Å². The van der Waals surface area contributed by atoms with Crippen molar-refractivity contribution in [3.8, 4) is 0 Å². The van der Waals surface area contributed by atoms with Gasteiger partial charge in [-0.1, -0.05) is 34.6 Å². The van der Waals surface area contributed by atoms with Gasteiger partial charge < -0.3 is 4.74 Å². The molecule has 5 heteroatoms. The molecule has 0 aromatic carbocycles. The summed E-state index contributed by atoms with van der Waals surface area (Å²) in [6.45, 7) is 14.7. The Hall–Kier alpha value is -0.940. The molecule has 120 valence electrons. The van der Waals surface area contributed by atoms with Gasteiger partial charge in [-0.05, 0) is 20.0 Å². The van der Waals surface area contributed by atoms with Crippen LogP contribution in [0.4, 0.5) is 0 Å². The number of esters is 1. The second-order valence-corrected chi connectivity index (χ2v) is 6.93. The minimum Gasteiger partial charge on any atom is -0.466 e. The van der Waals surface area contributed by atoms with E-state index in [1.807, 2.05) is 6.92 Å². The van der Waals surface area contributed by atoms with Gasteiger partial charge in [0.05, 0.1) is 29.8 Å². The standard InChI is InChI=1S/C16H28N2O2S/c1-7-18(8-2)13(10-14(19)20-9-3)12-11-21-15(17-12)16(4,5)6/h11,13H,7-10H2,1-6H3. The lowest BCUT2D eigenvalue weighted by Gasteiger charge is -2.27. The Bertz CT molecular complexity index is 447. The molecule has 0 spiro atoms. The molecule has 0 bridgehead atoms. The summed E-state index contributed by atoms with van der Waals surface area (Å²) in [6.07, 6.45) is 0.364. The maximum Gasteiger partial charge on any atom is 0.307 e. The Morgan fingerprint density at radius 1 is 1.33 bits per heavy atom. The van der Waals surface area contributed by atoms with Crippen LogP contribution in [0.2, 0.25) is 0 Å². The number of thiazole rings is 1. The van der Waals surface area contributed by atoms with Gasteiger partial charge in [-0.3, -0.25) is 9.69 Å². The predicted molar refractivity (Wildman–Crippen MR) is 87.7 cm³/mol. The molecule has 1 atom stereocenters. The van der Waals surface area contributed by atoms with Gasteiger partial charge >= 0.3 is 5.97 Å². The molecule has 0 aliphatic carbocycles. The third kappa shape index (κ3) is 5.08. The SMILES string of the molecule is CCOC(=O)CC(c1csc(C(C)(C)C)n1)N(CC)CC. The minimum absolute atomic E-state index is 0.00593. The van der Waals surface area contributed by atoms with Crippen molar-refractivity contribution in [3.63, 3.8) is 0 Å². The maximum absolute atomic E-state index is 11.9. The van der Waals surface area contributed by atoms with Crippen molar-refractivity contribution in [1.29, 1.82) is 0 Å². The number of nitrogens with zero attached hydrogens (tertiary/aromatic N) is 2. The molecule has 0 saturated carbocycles. The number of carbonyl (C=O) groups is 1. The molecule has 1 unspecified atom stereocenters. The van der Waals surface area contributed by atoms with Crippen molar-refractivity contribution in [1.82, 2.24) is 9.88 Å². The predicted octanol–water partition coefficient (Wildman–Crippen LogP) is 3.78. The highest BCUT2D eigenvalue weighted by Gasteiger charge is 2.26. The summed E-state index contributed by atoms with van der Waals surface area (Å²) in [7, 11) is 0. The van der Waals surface area contributed by atoms with Gasteiger partial charge in [-0.15, -0.1) is 11.3 Å². The summed E-state index contributed by atoms with van der Waals surface area (Å²) in [4.78, 5) is 18.9. The van der Waals surface area contributed by atoms with E-state index in [1.54, 1.807) is 11.3 Å². The van der Waals surface area contributed by atoms with Crippen molar-refractivity contribution in [2.75, 3.05) is 19.7 Å². The fourth-order valence-corrected chi connectivity index (χ4v) is 3.20. The van der Waals surface area contributed by atoms with Crippen LogP contribution in [0.5, 0.6) is 0 Å². The zero-order chi connectivity index (χ0) is 16.0. The Balaban J connectivity index is 3.00. The normalized spacial score (nSPS) is 13.5. The average Bonchev–Trinajstić information content (AvgIpc) is 2.88. The van der Waals surface area contributed by atoms with Crippen LogP contribution in [0, 0.1) is 0 Å². The number of hydrogen-bond donors (Lipinski definition) is 0. The molecule has 0 aliphatic heterocycles. The highest BCUT2D eigenvalue weighted by Crippen LogP contribution is 2.31. The van der Waals surface area contributed by atoms with Crippen LogP contribution in [0.1, 0.15) is 64.7 Å². The van der Waals surface area contributed by atoms with Crippen molar-refractivity contribution >= 4 is 17.3 Å². The lowest BCUT2D eigenvalue weighted by Crippen LogP contribution is -2.31. The molecule has 0 fully saturated rings. The average molecular weight is 312 g/mol. The van der Waals surface area contributed by atoms with E-state index in [4.69, 9.17) is 9.72 Å². The van der Waals surface area contributed by atoms with E-state index in [0.717, 1.165) is 23.8 Å². The number of ether oxygens (including phenoxy) is 1. The lowest BCUT2D eigenvalue weighted by molar-refractivity contribution is -0.144. The van der Waals surface area contributed by atoms with Gasteiger partial charge in [0.25, 0.3) is 0 Å². The van der Waals surface area contributed by atoms with Crippen LogP contribution in [-0.4, -0.2) is 35.5 Å². The first-order valence-electron chi connectivity index (χ1n) is 7.69. The maximum atomic E-state index is 11.9. The van der Waals surface area contributed by atoms with Gasteiger partial charge in [0.1, 0.15) is 0 Å². The zero-order valence-corrected chi connectivity index (χ0v) is 14.9. The molecular weight excluding hydrogens is 284 g/mol. The summed E-state index contributed by atoms with van der Waals surface area (Å²) in [5.41, 5.74) is 1.03. The van der Waals surface area contributed by atoms with Gasteiger partial charge in [0, 0.05) is 10.8 Å². The van der Waals surface area contributed by atoms with E-state index < -0.39 is 0 Å². The summed E-state index contributed by atoms with van der Waals surface area (Å²) in [5, 5.41) is 3.20. The second-order valence-electron chi connectivity index (χ2n) is 6.07. The largest absolute Gasteiger partial charge is 0.466 e. The van der Waals surface area contributed by atoms with E-state index >= 15 is 0 Å². The fourth-order valence-electron chi connectivity index (χ4n) is 2.25. The van der Waals surface area contributed by atoms with E-state index in [1.165, 1.54) is 0 Å². The van der Waals surface area contributed by atoms with Crippen LogP contribution < -0.4 is 0 Å². The highest BCUT2D eigenvalue weighted by atomic mass is 32.1. The quantitative estimate of drug-likeness (QED) is 0.719. The summed E-state index contributed by atoms with van der Waals surface area (Å²) < 4.78 is 5.12. The van der Waals surface area contributed by atoms with E-state index in [-0.39, 0.29) is 17.4 Å². The summed E-state index contributed by atoms with van der Waals surface area (Å²) in [5.74, 6) is -0.153. The van der Waals surface area contributed by atoms with Crippen molar-refractivity contribution < 1.29 is 9.53 Å². The third-order valence-electron chi connectivity index (χ3n) is 3.42. The third-order valence-corrected chi connectivity index (χ3v) is 4.71. The molecule has 1 aromatic rings. The van der Waals surface area contributed by atoms with Gasteiger partial charge in [-0.2, -0.15) is 0 Å². The van der Waals surface area contributed by atoms with Crippen molar-refractivity contribution in [2.45, 2.75) is 59.4 Å². The minimum atomic E-state index is -0.153. The first-order chi connectivity index (χ1) is 9.83. The molecule has 1 rings (SSSR count). The molecule has 21 heavy (non-hydrogen) atoms. The molecule has 0 amide bonds. The Labute approximate surface area is 132 Å². The molecule has 4 nitrogen and oxygen atoms in total. The van der Waals surface area contributed by atoms with E-state index in [2.05, 4.69) is 44.9 Å². The number of rotatable bonds is 7. The smallest absolute Gasteiger partial charge is 0.307 e. The van der Waals surface area contributed by atoms with Crippen LogP contribution in [-0.2, 0) is 14.9 Å². The Morgan fingerprint density at radius 2 is 1.95 bits per heavy atom. The van der Waals surface area contributed by atoms with Crippen LogP contribution >= 0.6 is 11.3 Å². The number of carbonyl (C=O) groups excluding carboxylic acids is 1. The molecule has 0 N–H and O–H groups in total. The van der Waals surface area contributed by atoms with Crippen LogP contribution in [0.3, 0.4) is 0 Å². The van der Waals surface area contributed by atoms with Gasteiger partial charge in [-0.25, -0.2) is 4.98 Å². The van der Waals surface area contributed by atoms with Gasteiger partial charge in [0.2, 0.25) is 0 Å². The van der Waals surface area contributed by atoms with Crippen LogP contribution in [0.25, 0.3) is 0 Å². The van der Waals surface area contributed by atoms with Crippen LogP contribution in [0.15, 0.2) is 5.38 Å². The first kappa shape index (κ1) is 18.1. The van der Waals surface area contributed by atoms with E-state index in [9.17, 15) is 4.79 Å². The molecule has 0 radical (unpaired) electrons. The molecule has 0 aliphatic rings. The number of hydrogen-bond acceptors (Lipinski definition) is 5. The van der Waals surface area contributed by atoms with Gasteiger partial charge in [0.15, 0.2) is 0 Å². The molecule has 0 saturated heterocycles. The Morgan fingerprint density at radius 3 is 2.38 bits per heavy atom. The van der Waals surface area contributed by atoms with Crippen molar-refractivity contribution in [2.24, 2.45) is 0 Å². The molecule has 1 aromatic heterocycles. The zero-order valence-electron chi connectivity index (χ0n) is 14.1. The monoisotopic (exact) mass is 312 g/mol. The van der Waals surface area contributed by atoms with Crippen molar-refractivity contribution in [3.05, 3.63) is 16.1 Å². The fraction of sp³-hybridized carbons (Fsp3) is 0.750. The second kappa shape index (κ2) is 7.90. The summed E-state index contributed by atoms with van der Waals surface area (Å²) in [6, 6.07) is 0.00593. The topological polar surface area (TPSA) is 42.4 Å². The Kier molecular flexibility index (Phi) is 6.81. The molecular formula is C16H28N2O2S. The number of aromatic nitrogens is 1.